The molecule has 1 N–H and O–H groups in total. The van der Waals surface area contributed by atoms with Gasteiger partial charge in [0.1, 0.15) is 5.75 Å². The number of sulfone groups is 1. The fourth-order valence-electron chi connectivity index (χ4n) is 2.67. The highest BCUT2D eigenvalue weighted by Gasteiger charge is 2.26. The molecule has 0 radical (unpaired) electrons. The van der Waals surface area contributed by atoms with Crippen LogP contribution in [0, 0.1) is 0 Å². The number of hydrogen-bond acceptors (Lipinski definition) is 9. The van der Waals surface area contributed by atoms with Gasteiger partial charge in [0.15, 0.2) is 11.6 Å². The molecule has 0 saturated carbocycles. The summed E-state index contributed by atoms with van der Waals surface area (Å²) >= 11 is 1.45. The Kier molecular flexibility index (Phi) is 4.79. The van der Waals surface area contributed by atoms with Crippen LogP contribution in [0.25, 0.3) is 22.2 Å². The van der Waals surface area contributed by atoms with E-state index >= 15 is 0 Å². The first-order valence-corrected chi connectivity index (χ1v) is 10.7. The Morgan fingerprint density at radius 3 is 2.82 bits per heavy atom. The van der Waals surface area contributed by atoms with Crippen LogP contribution < -0.4 is 0 Å². The quantitative estimate of drug-likeness (QED) is 0.505. The van der Waals surface area contributed by atoms with Gasteiger partial charge in [-0.3, -0.25) is 0 Å². The maximum absolute atomic E-state index is 12.8. The van der Waals surface area contributed by atoms with Crippen LogP contribution in [0.1, 0.15) is 11.4 Å². The largest absolute Gasteiger partial charge is 0.392 e. The third-order valence-electron chi connectivity index (χ3n) is 4.00. The number of aliphatic hydroxyl groups excluding tert-OH is 1. The SMILES string of the molecule is Cn1c(-c2cccs2)nnc1S(=O)(=O)Cc1noc(-c2cccc(CO)c2)n1. The van der Waals surface area contributed by atoms with Gasteiger partial charge >= 0.3 is 0 Å². The van der Waals surface area contributed by atoms with Gasteiger partial charge in [-0.15, -0.1) is 21.5 Å². The lowest BCUT2D eigenvalue weighted by molar-refractivity contribution is 0.282. The zero-order valence-corrected chi connectivity index (χ0v) is 16.3. The predicted molar refractivity (Wildman–Crippen MR) is 101 cm³/mol. The molecule has 0 fully saturated rings. The zero-order chi connectivity index (χ0) is 19.7. The van der Waals surface area contributed by atoms with Crippen LogP contribution in [0.5, 0.6) is 0 Å². The second-order valence-electron chi connectivity index (χ2n) is 5.98. The van der Waals surface area contributed by atoms with Crippen molar-refractivity contribution in [2.24, 2.45) is 7.05 Å². The molecule has 11 heteroatoms. The number of rotatable bonds is 6. The van der Waals surface area contributed by atoms with E-state index in [9.17, 15) is 13.5 Å². The molecule has 0 amide bonds. The van der Waals surface area contributed by atoms with Crippen molar-refractivity contribution in [3.8, 4) is 22.2 Å². The van der Waals surface area contributed by atoms with Crippen molar-refractivity contribution >= 4 is 21.2 Å². The van der Waals surface area contributed by atoms with Crippen LogP contribution in [0.2, 0.25) is 0 Å². The first-order valence-electron chi connectivity index (χ1n) is 8.17. The molecule has 0 saturated heterocycles. The first-order chi connectivity index (χ1) is 13.5. The lowest BCUT2D eigenvalue weighted by Crippen LogP contribution is -2.12. The van der Waals surface area contributed by atoms with Crippen LogP contribution in [0.4, 0.5) is 0 Å². The average Bonchev–Trinajstić information content (AvgIpc) is 3.42. The Bertz CT molecular complexity index is 1210. The summed E-state index contributed by atoms with van der Waals surface area (Å²) in [5, 5.41) is 22.5. The molecular formula is C17H15N5O4S2. The Labute approximate surface area is 164 Å². The molecule has 9 nitrogen and oxygen atoms in total. The molecule has 3 heterocycles. The van der Waals surface area contributed by atoms with E-state index in [4.69, 9.17) is 4.52 Å². The van der Waals surface area contributed by atoms with E-state index in [1.165, 1.54) is 15.9 Å². The van der Waals surface area contributed by atoms with E-state index in [1.54, 1.807) is 31.3 Å². The Morgan fingerprint density at radius 1 is 1.21 bits per heavy atom. The van der Waals surface area contributed by atoms with Crippen LogP contribution in [0.3, 0.4) is 0 Å². The molecule has 0 aliphatic carbocycles. The fourth-order valence-corrected chi connectivity index (χ4v) is 4.67. The molecular weight excluding hydrogens is 402 g/mol. The van der Waals surface area contributed by atoms with Crippen molar-refractivity contribution in [3.05, 3.63) is 53.2 Å². The van der Waals surface area contributed by atoms with Crippen LogP contribution >= 0.6 is 11.3 Å². The summed E-state index contributed by atoms with van der Waals surface area (Å²) in [5.74, 6) is 0.207. The van der Waals surface area contributed by atoms with Gasteiger partial charge in [0.25, 0.3) is 5.89 Å². The molecule has 0 aliphatic rings. The van der Waals surface area contributed by atoms with Gasteiger partial charge in [-0.2, -0.15) is 4.98 Å². The van der Waals surface area contributed by atoms with Crippen molar-refractivity contribution in [2.45, 2.75) is 17.5 Å². The van der Waals surface area contributed by atoms with Crippen LogP contribution in [-0.4, -0.2) is 38.4 Å². The molecule has 28 heavy (non-hydrogen) atoms. The molecule has 0 spiro atoms. The summed E-state index contributed by atoms with van der Waals surface area (Å²) in [4.78, 5) is 4.98. The molecule has 0 aliphatic heterocycles. The van der Waals surface area contributed by atoms with Gasteiger partial charge in [-0.05, 0) is 29.1 Å². The van der Waals surface area contributed by atoms with E-state index in [2.05, 4.69) is 20.3 Å². The molecule has 3 aromatic heterocycles. The third kappa shape index (κ3) is 3.46. The summed E-state index contributed by atoms with van der Waals surface area (Å²) < 4.78 is 32.2. The number of aliphatic hydroxyl groups is 1. The predicted octanol–water partition coefficient (Wildman–Crippen LogP) is 2.06. The summed E-state index contributed by atoms with van der Waals surface area (Å²) in [6.07, 6.45) is 0. The van der Waals surface area contributed by atoms with Crippen molar-refractivity contribution < 1.29 is 18.0 Å². The highest BCUT2D eigenvalue weighted by atomic mass is 32.2. The average molecular weight is 417 g/mol. The van der Waals surface area contributed by atoms with E-state index in [0.29, 0.717) is 17.0 Å². The molecule has 0 unspecified atom stereocenters. The van der Waals surface area contributed by atoms with Gasteiger partial charge < -0.3 is 14.2 Å². The normalized spacial score (nSPS) is 11.8. The smallest absolute Gasteiger partial charge is 0.257 e. The molecule has 4 rings (SSSR count). The third-order valence-corrected chi connectivity index (χ3v) is 6.41. The second kappa shape index (κ2) is 7.26. The van der Waals surface area contributed by atoms with Crippen molar-refractivity contribution in [3.63, 3.8) is 0 Å². The minimum absolute atomic E-state index is 0.0186. The minimum atomic E-state index is -3.83. The maximum Gasteiger partial charge on any atom is 0.257 e. The first kappa shape index (κ1) is 18.5. The number of nitrogens with zero attached hydrogens (tertiary/aromatic N) is 5. The van der Waals surface area contributed by atoms with Crippen LogP contribution in [0.15, 0.2) is 51.5 Å². The number of hydrogen-bond donors (Lipinski definition) is 1. The van der Waals surface area contributed by atoms with Gasteiger partial charge in [-0.1, -0.05) is 23.4 Å². The number of thiophene rings is 1. The maximum atomic E-state index is 12.8. The van der Waals surface area contributed by atoms with Gasteiger partial charge in [0, 0.05) is 12.6 Å². The van der Waals surface area contributed by atoms with E-state index in [1.807, 2.05) is 17.5 Å². The second-order valence-corrected chi connectivity index (χ2v) is 8.81. The van der Waals surface area contributed by atoms with E-state index in [0.717, 1.165) is 4.88 Å². The van der Waals surface area contributed by atoms with Gasteiger partial charge in [-0.25, -0.2) is 8.42 Å². The molecule has 0 atom stereocenters. The van der Waals surface area contributed by atoms with Crippen molar-refractivity contribution in [1.29, 1.82) is 0 Å². The number of benzene rings is 1. The van der Waals surface area contributed by atoms with E-state index < -0.39 is 15.6 Å². The molecule has 1 aromatic carbocycles. The van der Waals surface area contributed by atoms with Crippen molar-refractivity contribution in [2.75, 3.05) is 0 Å². The number of aromatic nitrogens is 5. The highest BCUT2D eigenvalue weighted by Crippen LogP contribution is 2.25. The Balaban J connectivity index is 1.60. The topological polar surface area (TPSA) is 124 Å². The monoisotopic (exact) mass is 417 g/mol. The molecule has 4 aromatic rings. The van der Waals surface area contributed by atoms with Gasteiger partial charge in [0.05, 0.1) is 11.5 Å². The summed E-state index contributed by atoms with van der Waals surface area (Å²) in [5.41, 5.74) is 1.28. The minimum Gasteiger partial charge on any atom is -0.392 e. The molecule has 144 valence electrons. The molecule has 0 bridgehead atoms. The lowest BCUT2D eigenvalue weighted by Gasteiger charge is -2.02. The lowest BCUT2D eigenvalue weighted by atomic mass is 10.1. The summed E-state index contributed by atoms with van der Waals surface area (Å²) in [7, 11) is -2.23. The van der Waals surface area contributed by atoms with Gasteiger partial charge in [0.2, 0.25) is 15.0 Å². The van der Waals surface area contributed by atoms with Crippen LogP contribution in [-0.2, 0) is 29.2 Å². The Hall–Kier alpha value is -2.89. The standard InChI is InChI=1S/C17H15N5O4S2/c1-22-15(13-6-3-7-27-13)19-20-17(22)28(24,25)10-14-18-16(26-21-14)12-5-2-4-11(8-12)9-23/h2-8,23H,9-10H2,1H3. The fraction of sp³-hybridized carbons (Fsp3) is 0.176. The zero-order valence-electron chi connectivity index (χ0n) is 14.7. The summed E-state index contributed by atoms with van der Waals surface area (Å²) in [6, 6.07) is 10.6. The Morgan fingerprint density at radius 2 is 2.07 bits per heavy atom. The van der Waals surface area contributed by atoms with Crippen molar-refractivity contribution in [1.82, 2.24) is 24.9 Å². The summed E-state index contributed by atoms with van der Waals surface area (Å²) in [6.45, 7) is -0.123. The highest BCUT2D eigenvalue weighted by molar-refractivity contribution is 7.90. The van der Waals surface area contributed by atoms with E-state index in [-0.39, 0.29) is 23.5 Å².